The number of nitrogens with one attached hydrogen (secondary N) is 1. The van der Waals surface area contributed by atoms with Crippen LogP contribution in [0.25, 0.3) is 0 Å². The molecule has 8 heteroatoms. The van der Waals surface area contributed by atoms with Crippen LogP contribution in [0.4, 0.5) is 0 Å². The number of carbonyl (C=O) groups excluding carboxylic acids is 1. The minimum atomic E-state index is 0. The molecule has 1 N–H and O–H groups in total. The van der Waals surface area contributed by atoms with Gasteiger partial charge in [-0.2, -0.15) is 0 Å². The number of halogens is 2. The Labute approximate surface area is 158 Å². The minimum Gasteiger partial charge on any atom is -0.383 e. The number of nitrogens with zero attached hydrogens (tertiary/aromatic N) is 2. The van der Waals surface area contributed by atoms with Crippen LogP contribution >= 0.6 is 24.8 Å². The van der Waals surface area contributed by atoms with Gasteiger partial charge in [-0.1, -0.05) is 0 Å². The summed E-state index contributed by atoms with van der Waals surface area (Å²) in [5, 5.41) is 3.11. The maximum Gasteiger partial charge on any atom is 0.236 e. The van der Waals surface area contributed by atoms with Crippen LogP contribution in [0.5, 0.6) is 0 Å². The molecule has 0 saturated carbocycles. The third kappa shape index (κ3) is 8.83. The molecular weight excluding hydrogens is 353 g/mol. The predicted molar refractivity (Wildman–Crippen MR) is 100 cm³/mol. The molecule has 2 saturated heterocycles. The summed E-state index contributed by atoms with van der Waals surface area (Å²) in [4.78, 5) is 16.5. The van der Waals surface area contributed by atoms with Crippen molar-refractivity contribution in [2.75, 3.05) is 66.1 Å². The molecule has 6 nitrogen and oxygen atoms in total. The third-order valence-electron chi connectivity index (χ3n) is 4.51. The largest absolute Gasteiger partial charge is 0.383 e. The number of methoxy groups -OCH3 is 1. The van der Waals surface area contributed by atoms with E-state index in [0.29, 0.717) is 19.3 Å². The van der Waals surface area contributed by atoms with Gasteiger partial charge in [0.05, 0.1) is 25.9 Å². The summed E-state index contributed by atoms with van der Waals surface area (Å²) >= 11 is 0. The lowest BCUT2D eigenvalue weighted by Gasteiger charge is -2.32. The Kier molecular flexibility index (Phi) is 14.0. The lowest BCUT2D eigenvalue weighted by Crippen LogP contribution is -2.45. The Balaban J connectivity index is 0.00000264. The molecule has 0 unspecified atom stereocenters. The summed E-state index contributed by atoms with van der Waals surface area (Å²) < 4.78 is 10.9. The van der Waals surface area contributed by atoms with Crippen molar-refractivity contribution in [3.63, 3.8) is 0 Å². The summed E-state index contributed by atoms with van der Waals surface area (Å²) in [6.07, 6.45) is 4.92. The van der Waals surface area contributed by atoms with E-state index in [1.54, 1.807) is 7.11 Å². The van der Waals surface area contributed by atoms with Gasteiger partial charge in [0.2, 0.25) is 5.91 Å². The molecule has 0 aliphatic carbocycles. The van der Waals surface area contributed by atoms with Crippen molar-refractivity contribution in [2.24, 2.45) is 0 Å². The quantitative estimate of drug-likeness (QED) is 0.603. The van der Waals surface area contributed by atoms with Gasteiger partial charge in [-0.15, -0.1) is 24.8 Å². The van der Waals surface area contributed by atoms with Gasteiger partial charge in [0.1, 0.15) is 0 Å². The fourth-order valence-electron chi connectivity index (χ4n) is 3.11. The first-order chi connectivity index (χ1) is 10.8. The zero-order valence-electron chi connectivity index (χ0n) is 14.7. The Morgan fingerprint density at radius 3 is 2.38 bits per heavy atom. The molecular formula is C16H33Cl2N3O3. The number of carbonyl (C=O) groups is 1. The van der Waals surface area contributed by atoms with Crippen LogP contribution in [0.15, 0.2) is 0 Å². The Morgan fingerprint density at radius 2 is 1.75 bits per heavy atom. The molecule has 0 atom stereocenters. The van der Waals surface area contributed by atoms with E-state index < -0.39 is 0 Å². The van der Waals surface area contributed by atoms with Crippen molar-refractivity contribution < 1.29 is 14.3 Å². The molecule has 24 heavy (non-hydrogen) atoms. The topological polar surface area (TPSA) is 54.0 Å². The maximum atomic E-state index is 12.0. The van der Waals surface area contributed by atoms with Gasteiger partial charge in [-0.25, -0.2) is 0 Å². The summed E-state index contributed by atoms with van der Waals surface area (Å²) in [7, 11) is 1.66. The number of likely N-dealkylation sites (tertiary alicyclic amines) is 2. The second kappa shape index (κ2) is 14.1. The highest BCUT2D eigenvalue weighted by molar-refractivity contribution is 5.85. The van der Waals surface area contributed by atoms with E-state index in [9.17, 15) is 4.79 Å². The first-order valence-corrected chi connectivity index (χ1v) is 8.61. The molecule has 2 aliphatic heterocycles. The van der Waals surface area contributed by atoms with E-state index in [2.05, 4.69) is 10.2 Å². The summed E-state index contributed by atoms with van der Waals surface area (Å²) in [6, 6.07) is 0. The number of piperidine rings is 1. The molecule has 2 heterocycles. The molecule has 0 aromatic rings. The normalized spacial score (nSPS) is 19.0. The van der Waals surface area contributed by atoms with Gasteiger partial charge < -0.3 is 24.6 Å². The second-order valence-corrected chi connectivity index (χ2v) is 6.17. The van der Waals surface area contributed by atoms with E-state index in [1.807, 2.05) is 4.90 Å². The van der Waals surface area contributed by atoms with Crippen LogP contribution in [0.1, 0.15) is 25.7 Å². The molecule has 1 amide bonds. The van der Waals surface area contributed by atoms with Crippen LogP contribution in [0.3, 0.4) is 0 Å². The second-order valence-electron chi connectivity index (χ2n) is 6.17. The number of hydrogen-bond donors (Lipinski definition) is 1. The maximum absolute atomic E-state index is 12.0. The number of amides is 1. The van der Waals surface area contributed by atoms with Gasteiger partial charge >= 0.3 is 0 Å². The van der Waals surface area contributed by atoms with Gasteiger partial charge in [0.15, 0.2) is 0 Å². The molecule has 2 rings (SSSR count). The number of ether oxygens (including phenoxy) is 2. The van der Waals surface area contributed by atoms with Gasteiger partial charge in [0, 0.05) is 33.3 Å². The Morgan fingerprint density at radius 1 is 1.08 bits per heavy atom. The summed E-state index contributed by atoms with van der Waals surface area (Å²) in [5.74, 6) is 0.187. The van der Waals surface area contributed by atoms with Crippen LogP contribution in [-0.2, 0) is 14.3 Å². The molecule has 144 valence electrons. The summed E-state index contributed by atoms with van der Waals surface area (Å²) in [6.45, 7) is 7.75. The van der Waals surface area contributed by atoms with Crippen molar-refractivity contribution in [1.82, 2.24) is 15.1 Å². The highest BCUT2D eigenvalue weighted by Gasteiger charge is 2.23. The van der Waals surface area contributed by atoms with Crippen LogP contribution in [-0.4, -0.2) is 87.9 Å². The zero-order chi connectivity index (χ0) is 15.6. The van der Waals surface area contributed by atoms with Crippen molar-refractivity contribution in [2.45, 2.75) is 31.8 Å². The zero-order valence-corrected chi connectivity index (χ0v) is 16.3. The SMILES string of the molecule is COCCNCC(=O)N1CCC(OCCN2CCCC2)CC1.Cl.Cl. The lowest BCUT2D eigenvalue weighted by atomic mass is 10.1. The average Bonchev–Trinajstić information content (AvgIpc) is 3.05. The van der Waals surface area contributed by atoms with Crippen molar-refractivity contribution >= 4 is 30.7 Å². The fraction of sp³-hybridized carbons (Fsp3) is 0.938. The van der Waals surface area contributed by atoms with Gasteiger partial charge in [-0.3, -0.25) is 4.79 Å². The van der Waals surface area contributed by atoms with E-state index in [-0.39, 0.29) is 30.7 Å². The molecule has 0 aromatic heterocycles. The van der Waals surface area contributed by atoms with Crippen LogP contribution < -0.4 is 5.32 Å². The number of hydrogen-bond acceptors (Lipinski definition) is 5. The Hall–Kier alpha value is -0.110. The molecule has 0 spiro atoms. The monoisotopic (exact) mass is 385 g/mol. The molecule has 2 aliphatic rings. The van der Waals surface area contributed by atoms with Crippen LogP contribution in [0, 0.1) is 0 Å². The van der Waals surface area contributed by atoms with E-state index in [0.717, 1.165) is 45.6 Å². The molecule has 0 bridgehead atoms. The first-order valence-electron chi connectivity index (χ1n) is 8.61. The van der Waals surface area contributed by atoms with Crippen LogP contribution in [0.2, 0.25) is 0 Å². The summed E-state index contributed by atoms with van der Waals surface area (Å²) in [5.41, 5.74) is 0. The molecule has 0 radical (unpaired) electrons. The van der Waals surface area contributed by atoms with E-state index >= 15 is 0 Å². The van der Waals surface area contributed by atoms with Gasteiger partial charge in [0.25, 0.3) is 0 Å². The molecule has 0 aromatic carbocycles. The van der Waals surface area contributed by atoms with Gasteiger partial charge in [-0.05, 0) is 38.8 Å². The predicted octanol–water partition coefficient (Wildman–Crippen LogP) is 1.17. The average molecular weight is 386 g/mol. The minimum absolute atomic E-state index is 0. The highest BCUT2D eigenvalue weighted by atomic mass is 35.5. The third-order valence-corrected chi connectivity index (χ3v) is 4.51. The van der Waals surface area contributed by atoms with Crippen molar-refractivity contribution in [3.05, 3.63) is 0 Å². The molecule has 2 fully saturated rings. The standard InChI is InChI=1S/C16H31N3O3.2ClH/c1-21-12-6-17-14-16(20)19-9-4-15(5-10-19)22-13-11-18-7-2-3-8-18;;/h15,17H,2-14H2,1H3;2*1H. The Bertz CT molecular complexity index is 324. The lowest BCUT2D eigenvalue weighted by molar-refractivity contribution is -0.132. The smallest absolute Gasteiger partial charge is 0.236 e. The van der Waals surface area contributed by atoms with Crippen molar-refractivity contribution in [3.8, 4) is 0 Å². The fourth-order valence-corrected chi connectivity index (χ4v) is 3.11. The van der Waals surface area contributed by atoms with Crippen molar-refractivity contribution in [1.29, 1.82) is 0 Å². The number of rotatable bonds is 9. The van der Waals surface area contributed by atoms with E-state index in [4.69, 9.17) is 9.47 Å². The van der Waals surface area contributed by atoms with E-state index in [1.165, 1.54) is 25.9 Å². The first kappa shape index (κ1) is 23.9. The highest BCUT2D eigenvalue weighted by Crippen LogP contribution is 2.14.